The van der Waals surface area contributed by atoms with Gasteiger partial charge >= 0.3 is 0 Å². The zero-order valence-corrected chi connectivity index (χ0v) is 17.0. The second-order valence-electron chi connectivity index (χ2n) is 7.90. The fourth-order valence-electron chi connectivity index (χ4n) is 4.37. The van der Waals surface area contributed by atoms with Gasteiger partial charge in [0.25, 0.3) is 5.91 Å². The summed E-state index contributed by atoms with van der Waals surface area (Å²) in [6.07, 6.45) is 5.78. The first-order valence-corrected chi connectivity index (χ1v) is 10.6. The van der Waals surface area contributed by atoms with E-state index in [-0.39, 0.29) is 11.7 Å². The van der Waals surface area contributed by atoms with Gasteiger partial charge in [-0.05, 0) is 37.8 Å². The largest absolute Gasteiger partial charge is 0.447 e. The van der Waals surface area contributed by atoms with Gasteiger partial charge in [-0.2, -0.15) is 0 Å². The molecule has 6 nitrogen and oxygen atoms in total. The molecule has 1 aromatic carbocycles. The van der Waals surface area contributed by atoms with E-state index >= 15 is 0 Å². The number of hydrogen-bond donors (Lipinski definition) is 0. The highest BCUT2D eigenvalue weighted by molar-refractivity contribution is 5.92. The highest BCUT2D eigenvalue weighted by atomic mass is 19.1. The topological polar surface area (TPSA) is 52.8 Å². The van der Waals surface area contributed by atoms with Crippen molar-refractivity contribution in [2.45, 2.75) is 45.2 Å². The summed E-state index contributed by atoms with van der Waals surface area (Å²) in [7, 11) is 0. The molecular formula is C22H29FN4O2. The molecule has 7 heteroatoms. The zero-order valence-electron chi connectivity index (χ0n) is 17.0. The molecule has 0 N–H and O–H groups in total. The van der Waals surface area contributed by atoms with Gasteiger partial charge in [-0.3, -0.25) is 9.69 Å². The average Bonchev–Trinajstić information content (AvgIpc) is 3.23. The molecule has 4 rings (SSSR count). The fraction of sp³-hybridized carbons (Fsp3) is 0.545. The lowest BCUT2D eigenvalue weighted by Crippen LogP contribution is -2.46. The molecule has 29 heavy (non-hydrogen) atoms. The number of likely N-dealkylation sites (tertiary alicyclic amines) is 1. The maximum Gasteiger partial charge on any atom is 0.276 e. The van der Waals surface area contributed by atoms with Crippen LogP contribution in [0, 0.1) is 5.82 Å². The van der Waals surface area contributed by atoms with Gasteiger partial charge in [-0.1, -0.05) is 19.1 Å². The van der Waals surface area contributed by atoms with Crippen molar-refractivity contribution in [1.82, 2.24) is 14.8 Å². The Morgan fingerprint density at radius 2 is 1.97 bits per heavy atom. The Balaban J connectivity index is 1.33. The van der Waals surface area contributed by atoms with Crippen LogP contribution in [0.5, 0.6) is 0 Å². The number of para-hydroxylation sites is 1. The summed E-state index contributed by atoms with van der Waals surface area (Å²) in [6, 6.07) is 7.20. The minimum Gasteiger partial charge on any atom is -0.447 e. The van der Waals surface area contributed by atoms with E-state index in [1.54, 1.807) is 6.07 Å². The van der Waals surface area contributed by atoms with Crippen molar-refractivity contribution < 1.29 is 13.6 Å². The van der Waals surface area contributed by atoms with Gasteiger partial charge in [-0.15, -0.1) is 0 Å². The Bertz CT molecular complexity index is 832. The third-order valence-corrected chi connectivity index (χ3v) is 6.05. The van der Waals surface area contributed by atoms with Crippen LogP contribution in [-0.2, 0) is 6.54 Å². The van der Waals surface area contributed by atoms with Gasteiger partial charge in [0.05, 0.1) is 12.2 Å². The zero-order chi connectivity index (χ0) is 20.2. The van der Waals surface area contributed by atoms with E-state index in [2.05, 4.69) is 21.7 Å². The quantitative estimate of drug-likeness (QED) is 0.768. The van der Waals surface area contributed by atoms with Gasteiger partial charge in [0.15, 0.2) is 5.69 Å². The number of carbonyl (C=O) groups excluding carboxylic acids is 1. The number of hydrogen-bond acceptors (Lipinski definition) is 5. The second-order valence-corrected chi connectivity index (χ2v) is 7.90. The van der Waals surface area contributed by atoms with E-state index in [0.29, 0.717) is 29.9 Å². The maximum absolute atomic E-state index is 14.0. The lowest BCUT2D eigenvalue weighted by Gasteiger charge is -2.35. The molecule has 1 amide bonds. The molecule has 1 atom stereocenters. The minimum absolute atomic E-state index is 0.0177. The molecular weight excluding hydrogens is 371 g/mol. The fourth-order valence-corrected chi connectivity index (χ4v) is 4.37. The van der Waals surface area contributed by atoms with Gasteiger partial charge in [0.2, 0.25) is 5.89 Å². The number of aromatic nitrogens is 1. The molecule has 2 aliphatic rings. The molecule has 0 radical (unpaired) electrons. The van der Waals surface area contributed by atoms with Crippen molar-refractivity contribution in [2.24, 2.45) is 0 Å². The highest BCUT2D eigenvalue weighted by Crippen LogP contribution is 2.23. The predicted octanol–water partition coefficient (Wildman–Crippen LogP) is 3.54. The summed E-state index contributed by atoms with van der Waals surface area (Å²) >= 11 is 0. The van der Waals surface area contributed by atoms with E-state index in [4.69, 9.17) is 4.42 Å². The predicted molar refractivity (Wildman–Crippen MR) is 109 cm³/mol. The SMILES string of the molecule is CC[C@H]1CCCCN1C(=O)c1coc(CN2CCN(c3ccccc3F)CC2)n1. The number of rotatable bonds is 5. The van der Waals surface area contributed by atoms with Crippen molar-refractivity contribution in [3.05, 3.63) is 47.9 Å². The summed E-state index contributed by atoms with van der Waals surface area (Å²) in [6.45, 7) is 6.59. The van der Waals surface area contributed by atoms with E-state index < -0.39 is 0 Å². The average molecular weight is 400 g/mol. The Hall–Kier alpha value is -2.41. The molecule has 2 fully saturated rings. The number of amides is 1. The van der Waals surface area contributed by atoms with Crippen LogP contribution in [-0.4, -0.2) is 59.5 Å². The number of piperidine rings is 1. The van der Waals surface area contributed by atoms with Gasteiger partial charge < -0.3 is 14.2 Å². The second kappa shape index (κ2) is 8.95. The molecule has 2 aromatic rings. The number of oxazole rings is 1. The molecule has 3 heterocycles. The molecule has 0 aliphatic carbocycles. The van der Waals surface area contributed by atoms with Crippen LogP contribution in [0.4, 0.5) is 10.1 Å². The van der Waals surface area contributed by atoms with Crippen molar-refractivity contribution in [3.8, 4) is 0 Å². The number of benzene rings is 1. The number of piperazine rings is 1. The first-order valence-electron chi connectivity index (χ1n) is 10.6. The summed E-state index contributed by atoms with van der Waals surface area (Å²) in [5, 5.41) is 0. The summed E-state index contributed by atoms with van der Waals surface area (Å²) in [5.74, 6) is 0.369. The Morgan fingerprint density at radius 1 is 1.17 bits per heavy atom. The normalized spacial score (nSPS) is 20.8. The van der Waals surface area contributed by atoms with Crippen molar-refractivity contribution >= 4 is 11.6 Å². The standard InChI is InChI=1S/C22H29FN4O2/c1-2-17-7-5-6-10-27(17)22(28)19-16-29-21(24-19)15-25-11-13-26(14-12-25)20-9-4-3-8-18(20)23/h3-4,8-9,16-17H,2,5-7,10-15H2,1H3/t17-/m0/s1. The molecule has 1 aromatic heterocycles. The summed E-state index contributed by atoms with van der Waals surface area (Å²) in [5.41, 5.74) is 1.06. The first kappa shape index (κ1) is 19.9. The van der Waals surface area contributed by atoms with Crippen molar-refractivity contribution in [1.29, 1.82) is 0 Å². The van der Waals surface area contributed by atoms with Crippen LogP contribution < -0.4 is 4.90 Å². The lowest BCUT2D eigenvalue weighted by atomic mass is 10.00. The summed E-state index contributed by atoms with van der Waals surface area (Å²) < 4.78 is 19.6. The van der Waals surface area contributed by atoms with E-state index in [9.17, 15) is 9.18 Å². The molecule has 2 saturated heterocycles. The lowest BCUT2D eigenvalue weighted by molar-refractivity contribution is 0.0602. The van der Waals surface area contributed by atoms with Crippen LogP contribution in [0.1, 0.15) is 49.0 Å². The van der Waals surface area contributed by atoms with E-state index in [1.165, 1.54) is 18.8 Å². The molecule has 0 spiro atoms. The van der Waals surface area contributed by atoms with Gasteiger partial charge in [0.1, 0.15) is 12.1 Å². The number of anilines is 1. The monoisotopic (exact) mass is 400 g/mol. The highest BCUT2D eigenvalue weighted by Gasteiger charge is 2.28. The van der Waals surface area contributed by atoms with Crippen LogP contribution in [0.15, 0.2) is 34.9 Å². The van der Waals surface area contributed by atoms with E-state index in [0.717, 1.165) is 52.0 Å². The third-order valence-electron chi connectivity index (χ3n) is 6.05. The van der Waals surface area contributed by atoms with Crippen LogP contribution in [0.2, 0.25) is 0 Å². The smallest absolute Gasteiger partial charge is 0.276 e. The Labute approximate surface area is 171 Å². The maximum atomic E-state index is 14.0. The Kier molecular flexibility index (Phi) is 6.13. The van der Waals surface area contributed by atoms with Crippen LogP contribution >= 0.6 is 0 Å². The number of nitrogens with zero attached hydrogens (tertiary/aromatic N) is 4. The first-order chi connectivity index (χ1) is 14.2. The number of carbonyl (C=O) groups is 1. The molecule has 0 saturated carbocycles. The van der Waals surface area contributed by atoms with Gasteiger partial charge in [-0.25, -0.2) is 9.37 Å². The third kappa shape index (κ3) is 4.45. The van der Waals surface area contributed by atoms with Crippen molar-refractivity contribution in [3.63, 3.8) is 0 Å². The Morgan fingerprint density at radius 3 is 2.72 bits per heavy atom. The van der Waals surface area contributed by atoms with Gasteiger partial charge in [0, 0.05) is 38.8 Å². The number of halogens is 1. The molecule has 2 aliphatic heterocycles. The molecule has 156 valence electrons. The minimum atomic E-state index is -0.181. The van der Waals surface area contributed by atoms with Crippen LogP contribution in [0.3, 0.4) is 0 Å². The van der Waals surface area contributed by atoms with Crippen LogP contribution in [0.25, 0.3) is 0 Å². The van der Waals surface area contributed by atoms with E-state index in [1.807, 2.05) is 17.0 Å². The molecule has 0 unspecified atom stereocenters. The summed E-state index contributed by atoms with van der Waals surface area (Å²) in [4.78, 5) is 23.6. The molecule has 0 bridgehead atoms. The van der Waals surface area contributed by atoms with Crippen molar-refractivity contribution in [2.75, 3.05) is 37.6 Å².